The van der Waals surface area contributed by atoms with E-state index in [9.17, 15) is 22.4 Å². The number of benzene rings is 1. The Labute approximate surface area is 181 Å². The number of likely N-dealkylation sites (tertiary alicyclic amines) is 1. The smallest absolute Gasteiger partial charge is 0.323 e. The van der Waals surface area contributed by atoms with Crippen molar-refractivity contribution in [2.45, 2.75) is 29.7 Å². The van der Waals surface area contributed by atoms with Crippen LogP contribution < -0.4 is 5.32 Å². The number of hydrogen-bond donors (Lipinski definition) is 1. The van der Waals surface area contributed by atoms with Crippen molar-refractivity contribution in [2.24, 2.45) is 0 Å². The molecule has 0 saturated carbocycles. The second-order valence-corrected chi connectivity index (χ2v) is 10.5. The Morgan fingerprint density at radius 3 is 2.35 bits per heavy atom. The Balaban J connectivity index is 1.40. The SMILES string of the molecule is CN1CCC2(CC1)NC(=O)N(CN1CCCN(S(=O)(=O)c3ccc(F)cc3)CC1)C2=O. The van der Waals surface area contributed by atoms with Crippen molar-refractivity contribution in [1.29, 1.82) is 0 Å². The van der Waals surface area contributed by atoms with Crippen molar-refractivity contribution in [2.75, 3.05) is 53.0 Å². The molecule has 3 aliphatic rings. The van der Waals surface area contributed by atoms with E-state index in [0.717, 1.165) is 25.2 Å². The van der Waals surface area contributed by atoms with Gasteiger partial charge in [0.15, 0.2) is 0 Å². The normalized spacial score (nSPS) is 23.9. The summed E-state index contributed by atoms with van der Waals surface area (Å²) in [6.45, 7) is 3.17. The summed E-state index contributed by atoms with van der Waals surface area (Å²) in [6, 6.07) is 4.42. The van der Waals surface area contributed by atoms with Crippen LogP contribution in [-0.2, 0) is 14.8 Å². The highest BCUT2D eigenvalue weighted by molar-refractivity contribution is 7.89. The fraction of sp³-hybridized carbons (Fsp3) is 0.600. The number of carbonyl (C=O) groups is 2. The Hall–Kier alpha value is -2.08. The van der Waals surface area contributed by atoms with Crippen molar-refractivity contribution in [3.63, 3.8) is 0 Å². The van der Waals surface area contributed by atoms with E-state index in [0.29, 0.717) is 38.9 Å². The molecular formula is C20H28FN5O4S. The van der Waals surface area contributed by atoms with Gasteiger partial charge in [0.2, 0.25) is 10.0 Å². The summed E-state index contributed by atoms with van der Waals surface area (Å²) in [5, 5.41) is 2.90. The fourth-order valence-corrected chi connectivity index (χ4v) is 5.90. The van der Waals surface area contributed by atoms with Crippen LogP contribution in [0.3, 0.4) is 0 Å². The van der Waals surface area contributed by atoms with Crippen LogP contribution in [0.5, 0.6) is 0 Å². The van der Waals surface area contributed by atoms with Gasteiger partial charge in [0.05, 0.1) is 11.6 Å². The summed E-state index contributed by atoms with van der Waals surface area (Å²) in [5.41, 5.74) is -0.812. The number of urea groups is 1. The van der Waals surface area contributed by atoms with Gasteiger partial charge in [0.25, 0.3) is 5.91 Å². The van der Waals surface area contributed by atoms with Crippen molar-refractivity contribution in [3.8, 4) is 0 Å². The average Bonchev–Trinajstić information content (AvgIpc) is 2.90. The molecule has 1 aromatic rings. The highest BCUT2D eigenvalue weighted by Crippen LogP contribution is 2.29. The Morgan fingerprint density at radius 1 is 1.00 bits per heavy atom. The molecule has 1 aromatic carbocycles. The highest BCUT2D eigenvalue weighted by Gasteiger charge is 2.52. The summed E-state index contributed by atoms with van der Waals surface area (Å²) in [4.78, 5) is 31.0. The maximum atomic E-state index is 13.2. The summed E-state index contributed by atoms with van der Waals surface area (Å²) < 4.78 is 40.3. The van der Waals surface area contributed by atoms with Gasteiger partial charge in [0.1, 0.15) is 11.4 Å². The molecule has 3 saturated heterocycles. The summed E-state index contributed by atoms with van der Waals surface area (Å²) in [6.07, 6.45) is 1.75. The largest absolute Gasteiger partial charge is 0.326 e. The van der Waals surface area contributed by atoms with E-state index in [1.54, 1.807) is 0 Å². The lowest BCUT2D eigenvalue weighted by atomic mass is 9.88. The van der Waals surface area contributed by atoms with Gasteiger partial charge < -0.3 is 10.2 Å². The first-order valence-corrected chi connectivity index (χ1v) is 12.0. The van der Waals surface area contributed by atoms with Crippen LogP contribution in [0.1, 0.15) is 19.3 Å². The van der Waals surface area contributed by atoms with E-state index in [2.05, 4.69) is 10.2 Å². The molecule has 0 radical (unpaired) electrons. The van der Waals surface area contributed by atoms with Gasteiger partial charge in [-0.25, -0.2) is 22.5 Å². The fourth-order valence-electron chi connectivity index (χ4n) is 4.43. The number of halogens is 1. The van der Waals surface area contributed by atoms with Crippen molar-refractivity contribution in [3.05, 3.63) is 30.1 Å². The first kappa shape index (κ1) is 22.1. The highest BCUT2D eigenvalue weighted by atomic mass is 32.2. The molecule has 9 nitrogen and oxygen atoms in total. The number of piperidine rings is 1. The predicted molar refractivity (Wildman–Crippen MR) is 111 cm³/mol. The summed E-state index contributed by atoms with van der Waals surface area (Å²) in [5.74, 6) is -0.678. The Morgan fingerprint density at radius 2 is 1.68 bits per heavy atom. The summed E-state index contributed by atoms with van der Waals surface area (Å²) in [7, 11) is -1.73. The molecule has 0 atom stereocenters. The number of nitrogens with one attached hydrogen (secondary N) is 1. The van der Waals surface area contributed by atoms with E-state index in [-0.39, 0.29) is 30.0 Å². The van der Waals surface area contributed by atoms with Gasteiger partial charge >= 0.3 is 6.03 Å². The zero-order chi connectivity index (χ0) is 22.2. The van der Waals surface area contributed by atoms with Gasteiger partial charge in [-0.3, -0.25) is 9.69 Å². The second-order valence-electron chi connectivity index (χ2n) is 8.52. The maximum Gasteiger partial charge on any atom is 0.326 e. The van der Waals surface area contributed by atoms with E-state index in [1.165, 1.54) is 21.3 Å². The molecular weight excluding hydrogens is 425 g/mol. The monoisotopic (exact) mass is 453 g/mol. The zero-order valence-electron chi connectivity index (χ0n) is 17.6. The van der Waals surface area contributed by atoms with Crippen LogP contribution in [0.25, 0.3) is 0 Å². The maximum absolute atomic E-state index is 13.2. The third-order valence-electron chi connectivity index (χ3n) is 6.43. The van der Waals surface area contributed by atoms with Crippen LogP contribution >= 0.6 is 0 Å². The predicted octanol–water partition coefficient (Wildman–Crippen LogP) is 0.496. The number of rotatable bonds is 4. The van der Waals surface area contributed by atoms with Crippen LogP contribution in [-0.4, -0.2) is 97.9 Å². The lowest BCUT2D eigenvalue weighted by molar-refractivity contribution is -0.134. The molecule has 1 N–H and O–H groups in total. The molecule has 0 aliphatic carbocycles. The van der Waals surface area contributed by atoms with Crippen LogP contribution in [0, 0.1) is 5.82 Å². The zero-order valence-corrected chi connectivity index (χ0v) is 18.4. The Kier molecular flexibility index (Phi) is 6.03. The molecule has 11 heteroatoms. The van der Waals surface area contributed by atoms with Crippen molar-refractivity contribution < 1.29 is 22.4 Å². The third kappa shape index (κ3) is 4.32. The van der Waals surface area contributed by atoms with Gasteiger partial charge in [0, 0.05) is 39.3 Å². The van der Waals surface area contributed by atoms with Crippen LogP contribution in [0.4, 0.5) is 9.18 Å². The van der Waals surface area contributed by atoms with Gasteiger partial charge in [-0.1, -0.05) is 0 Å². The number of imide groups is 1. The number of amides is 3. The lowest BCUT2D eigenvalue weighted by Crippen LogP contribution is -2.54. The molecule has 3 fully saturated rings. The topological polar surface area (TPSA) is 93.3 Å². The molecule has 0 aromatic heterocycles. The summed E-state index contributed by atoms with van der Waals surface area (Å²) >= 11 is 0. The molecule has 0 bridgehead atoms. The Bertz CT molecular complexity index is 947. The third-order valence-corrected chi connectivity index (χ3v) is 8.34. The minimum atomic E-state index is -3.73. The van der Waals surface area contributed by atoms with E-state index >= 15 is 0 Å². The van der Waals surface area contributed by atoms with E-state index < -0.39 is 21.4 Å². The molecule has 4 rings (SSSR count). The lowest BCUT2D eigenvalue weighted by Gasteiger charge is -2.35. The first-order valence-electron chi connectivity index (χ1n) is 10.5. The van der Waals surface area contributed by atoms with Crippen LogP contribution in [0.15, 0.2) is 29.2 Å². The van der Waals surface area contributed by atoms with Crippen molar-refractivity contribution in [1.82, 2.24) is 24.3 Å². The quantitative estimate of drug-likeness (QED) is 0.668. The van der Waals surface area contributed by atoms with Gasteiger partial charge in [-0.15, -0.1) is 0 Å². The van der Waals surface area contributed by atoms with Gasteiger partial charge in [-0.2, -0.15) is 4.31 Å². The minimum Gasteiger partial charge on any atom is -0.323 e. The molecule has 31 heavy (non-hydrogen) atoms. The van der Waals surface area contributed by atoms with E-state index in [1.807, 2.05) is 11.9 Å². The molecule has 0 unspecified atom stereocenters. The standard InChI is InChI=1S/C20H28FN5O4S/c1-23-11-7-20(8-12-23)18(27)26(19(28)22-20)15-24-9-2-10-25(14-13-24)31(29,30)17-5-3-16(21)4-6-17/h3-6H,2,7-15H2,1H3,(H,22,28). The van der Waals surface area contributed by atoms with Crippen molar-refractivity contribution >= 4 is 22.0 Å². The first-order chi connectivity index (χ1) is 14.7. The van der Waals surface area contributed by atoms with E-state index in [4.69, 9.17) is 0 Å². The van der Waals surface area contributed by atoms with Gasteiger partial charge in [-0.05, 0) is 50.6 Å². The van der Waals surface area contributed by atoms with Crippen LogP contribution in [0.2, 0.25) is 0 Å². The molecule has 1 spiro atoms. The number of nitrogens with zero attached hydrogens (tertiary/aromatic N) is 4. The molecule has 3 heterocycles. The molecule has 3 amide bonds. The average molecular weight is 454 g/mol. The number of carbonyl (C=O) groups excluding carboxylic acids is 2. The molecule has 170 valence electrons. The number of sulfonamides is 1. The second kappa shape index (κ2) is 8.45. The molecule has 3 aliphatic heterocycles. The minimum absolute atomic E-state index is 0.0562. The number of hydrogen-bond acceptors (Lipinski definition) is 6.